The zero-order chi connectivity index (χ0) is 15.4. The summed E-state index contributed by atoms with van der Waals surface area (Å²) in [5.74, 6) is 0.532. The monoisotopic (exact) mass is 307 g/mol. The number of aliphatic hydroxyl groups is 1. The number of aryl methyl sites for hydroxylation is 1. The molecule has 2 heterocycles. The van der Waals surface area contributed by atoms with Crippen molar-refractivity contribution in [3.8, 4) is 0 Å². The number of rotatable bonds is 6. The van der Waals surface area contributed by atoms with E-state index in [1.165, 1.54) is 0 Å². The smallest absolute Gasteiger partial charge is 0.251 e. The summed E-state index contributed by atoms with van der Waals surface area (Å²) in [6, 6.07) is 5.81. The summed E-state index contributed by atoms with van der Waals surface area (Å²) in [5, 5.41) is 9.90. The lowest BCUT2D eigenvalue weighted by Crippen LogP contribution is -2.36. The average Bonchev–Trinajstić information content (AvgIpc) is 2.80. The SMILES string of the molecule is CSCC[C@H](O)C(=O)N(C)Cc1c(C)nc2ccccn12. The number of carbonyl (C=O) groups excluding carboxylic acids is 1. The highest BCUT2D eigenvalue weighted by molar-refractivity contribution is 7.98. The largest absolute Gasteiger partial charge is 0.383 e. The maximum atomic E-state index is 12.2. The first-order valence-corrected chi connectivity index (χ1v) is 8.28. The van der Waals surface area contributed by atoms with Crippen molar-refractivity contribution < 1.29 is 9.90 Å². The fraction of sp³-hybridized carbons (Fsp3) is 0.467. The third kappa shape index (κ3) is 3.57. The maximum Gasteiger partial charge on any atom is 0.251 e. The number of likely N-dealkylation sites (N-methyl/N-ethyl adjacent to an activating group) is 1. The van der Waals surface area contributed by atoms with E-state index < -0.39 is 6.10 Å². The minimum Gasteiger partial charge on any atom is -0.383 e. The Hall–Kier alpha value is -1.53. The van der Waals surface area contributed by atoms with E-state index in [4.69, 9.17) is 0 Å². The van der Waals surface area contributed by atoms with Gasteiger partial charge in [0.1, 0.15) is 11.8 Å². The van der Waals surface area contributed by atoms with Crippen LogP contribution in [0.15, 0.2) is 24.4 Å². The number of fused-ring (bicyclic) bond motifs is 1. The van der Waals surface area contributed by atoms with Gasteiger partial charge in [-0.1, -0.05) is 6.07 Å². The Bertz CT molecular complexity index is 626. The summed E-state index contributed by atoms with van der Waals surface area (Å²) in [5.41, 5.74) is 2.74. The predicted octanol–water partition coefficient (Wildman–Crippen LogP) is 1.72. The van der Waals surface area contributed by atoms with Gasteiger partial charge in [-0.3, -0.25) is 4.79 Å². The summed E-state index contributed by atoms with van der Waals surface area (Å²) in [4.78, 5) is 18.2. The standard InChI is InChI=1S/C15H21N3O2S/c1-11-12(18-8-5-4-6-14(18)16-11)10-17(2)15(20)13(19)7-9-21-3/h4-6,8,13,19H,7,9-10H2,1-3H3/t13-/m0/s1. The molecule has 0 aliphatic rings. The van der Waals surface area contributed by atoms with Crippen LogP contribution in [0.1, 0.15) is 17.8 Å². The Labute approximate surface area is 129 Å². The van der Waals surface area contributed by atoms with E-state index in [1.807, 2.05) is 42.0 Å². The zero-order valence-corrected chi connectivity index (χ0v) is 13.4. The molecule has 1 N–H and O–H groups in total. The molecule has 1 atom stereocenters. The van der Waals surface area contributed by atoms with Crippen LogP contribution in [0.3, 0.4) is 0 Å². The van der Waals surface area contributed by atoms with Crippen molar-refractivity contribution in [3.05, 3.63) is 35.8 Å². The van der Waals surface area contributed by atoms with E-state index in [9.17, 15) is 9.90 Å². The highest BCUT2D eigenvalue weighted by Crippen LogP contribution is 2.14. The Morgan fingerprint density at radius 2 is 2.29 bits per heavy atom. The normalized spacial score (nSPS) is 12.6. The molecule has 0 aliphatic carbocycles. The topological polar surface area (TPSA) is 57.8 Å². The second kappa shape index (κ2) is 6.95. The molecule has 0 aliphatic heterocycles. The number of hydrogen-bond donors (Lipinski definition) is 1. The Balaban J connectivity index is 2.12. The van der Waals surface area contributed by atoms with Crippen LogP contribution >= 0.6 is 11.8 Å². The predicted molar refractivity (Wildman–Crippen MR) is 85.4 cm³/mol. The lowest BCUT2D eigenvalue weighted by molar-refractivity contribution is -0.139. The van der Waals surface area contributed by atoms with Crippen molar-refractivity contribution in [1.82, 2.24) is 14.3 Å². The van der Waals surface area contributed by atoms with Crippen LogP contribution in [0.2, 0.25) is 0 Å². The fourth-order valence-electron chi connectivity index (χ4n) is 2.26. The van der Waals surface area contributed by atoms with Gasteiger partial charge in [0.15, 0.2) is 0 Å². The second-order valence-electron chi connectivity index (χ2n) is 5.06. The number of hydrogen-bond acceptors (Lipinski definition) is 4. The minimum atomic E-state index is -0.929. The van der Waals surface area contributed by atoms with Gasteiger partial charge in [0.05, 0.1) is 17.9 Å². The molecule has 0 fully saturated rings. The molecular formula is C15H21N3O2S. The molecule has 5 nitrogen and oxygen atoms in total. The first-order chi connectivity index (χ1) is 10.0. The third-order valence-electron chi connectivity index (χ3n) is 3.47. The molecular weight excluding hydrogens is 286 g/mol. The van der Waals surface area contributed by atoms with Crippen molar-refractivity contribution in [1.29, 1.82) is 0 Å². The molecule has 114 valence electrons. The van der Waals surface area contributed by atoms with Crippen LogP contribution in [-0.2, 0) is 11.3 Å². The van der Waals surface area contributed by atoms with Crippen LogP contribution < -0.4 is 0 Å². The van der Waals surface area contributed by atoms with Gasteiger partial charge in [-0.2, -0.15) is 11.8 Å². The lowest BCUT2D eigenvalue weighted by Gasteiger charge is -2.20. The van der Waals surface area contributed by atoms with E-state index in [2.05, 4.69) is 4.98 Å². The summed E-state index contributed by atoms with van der Waals surface area (Å²) in [6.07, 6.45) is 3.45. The number of nitrogens with zero attached hydrogens (tertiary/aromatic N) is 3. The van der Waals surface area contributed by atoms with Crippen molar-refractivity contribution in [2.45, 2.75) is 26.0 Å². The van der Waals surface area contributed by atoms with E-state index >= 15 is 0 Å². The van der Waals surface area contributed by atoms with E-state index in [1.54, 1.807) is 23.7 Å². The summed E-state index contributed by atoms with van der Waals surface area (Å²) in [7, 11) is 1.71. The number of aromatic nitrogens is 2. The van der Waals surface area contributed by atoms with Crippen molar-refractivity contribution >= 4 is 23.3 Å². The van der Waals surface area contributed by atoms with Gasteiger partial charge >= 0.3 is 0 Å². The number of aliphatic hydroxyl groups excluding tert-OH is 1. The van der Waals surface area contributed by atoms with Gasteiger partial charge in [-0.25, -0.2) is 4.98 Å². The number of thioether (sulfide) groups is 1. The van der Waals surface area contributed by atoms with Gasteiger partial charge in [-0.05, 0) is 37.5 Å². The number of pyridine rings is 1. The average molecular weight is 307 g/mol. The molecule has 0 spiro atoms. The van der Waals surface area contributed by atoms with Gasteiger partial charge in [0.25, 0.3) is 5.91 Å². The van der Waals surface area contributed by atoms with Gasteiger partial charge < -0.3 is 14.4 Å². The molecule has 0 saturated carbocycles. The molecule has 0 aromatic carbocycles. The highest BCUT2D eigenvalue weighted by Gasteiger charge is 2.21. The molecule has 0 unspecified atom stereocenters. The number of imidazole rings is 1. The molecule has 2 aromatic rings. The van der Waals surface area contributed by atoms with Gasteiger partial charge in [0, 0.05) is 13.2 Å². The van der Waals surface area contributed by atoms with Crippen LogP contribution in [0.4, 0.5) is 0 Å². The number of amides is 1. The van der Waals surface area contributed by atoms with E-state index in [0.717, 1.165) is 22.8 Å². The van der Waals surface area contributed by atoms with Gasteiger partial charge in [0.2, 0.25) is 0 Å². The Morgan fingerprint density at radius 3 is 3.00 bits per heavy atom. The van der Waals surface area contributed by atoms with Crippen LogP contribution in [-0.4, -0.2) is 50.5 Å². The van der Waals surface area contributed by atoms with Crippen LogP contribution in [0, 0.1) is 6.92 Å². The minimum absolute atomic E-state index is 0.241. The van der Waals surface area contributed by atoms with Crippen LogP contribution in [0.25, 0.3) is 5.65 Å². The molecule has 0 bridgehead atoms. The Kier molecular flexibility index (Phi) is 5.25. The lowest BCUT2D eigenvalue weighted by atomic mass is 10.2. The molecule has 0 radical (unpaired) electrons. The highest BCUT2D eigenvalue weighted by atomic mass is 32.2. The van der Waals surface area contributed by atoms with Gasteiger partial charge in [-0.15, -0.1) is 0 Å². The molecule has 21 heavy (non-hydrogen) atoms. The number of carbonyl (C=O) groups is 1. The summed E-state index contributed by atoms with van der Waals surface area (Å²) in [6.45, 7) is 2.37. The first kappa shape index (κ1) is 15.9. The maximum absolute atomic E-state index is 12.2. The second-order valence-corrected chi connectivity index (χ2v) is 6.05. The quantitative estimate of drug-likeness (QED) is 0.883. The van der Waals surface area contributed by atoms with Crippen LogP contribution in [0.5, 0.6) is 0 Å². The van der Waals surface area contributed by atoms with Crippen molar-refractivity contribution in [2.24, 2.45) is 0 Å². The van der Waals surface area contributed by atoms with E-state index in [0.29, 0.717) is 13.0 Å². The molecule has 2 rings (SSSR count). The third-order valence-corrected chi connectivity index (χ3v) is 4.12. The van der Waals surface area contributed by atoms with Crippen molar-refractivity contribution in [2.75, 3.05) is 19.1 Å². The summed E-state index contributed by atoms with van der Waals surface area (Å²) < 4.78 is 1.98. The van der Waals surface area contributed by atoms with E-state index in [-0.39, 0.29) is 5.91 Å². The van der Waals surface area contributed by atoms with Crippen molar-refractivity contribution in [3.63, 3.8) is 0 Å². The molecule has 0 saturated heterocycles. The Morgan fingerprint density at radius 1 is 1.52 bits per heavy atom. The summed E-state index contributed by atoms with van der Waals surface area (Å²) >= 11 is 1.62. The molecule has 6 heteroatoms. The molecule has 1 amide bonds. The first-order valence-electron chi connectivity index (χ1n) is 6.89. The fourth-order valence-corrected chi connectivity index (χ4v) is 2.72. The molecule has 2 aromatic heterocycles. The zero-order valence-electron chi connectivity index (χ0n) is 12.6.